The Kier molecular flexibility index (Phi) is 11.7. The third-order valence-electron chi connectivity index (χ3n) is 0.928. The zero-order chi connectivity index (χ0) is 9.45. The molecule has 0 spiro atoms. The topological polar surface area (TPSA) is 76.0 Å². The molecule has 0 atom stereocenters. The third-order valence-corrected chi connectivity index (χ3v) is 1.45. The molecule has 0 rings (SSSR count). The second-order valence-corrected chi connectivity index (χ2v) is 3.28. The average Bonchev–Trinajstić information content (AvgIpc) is 1.94. The molecule has 0 heterocycles. The zero-order valence-electron chi connectivity index (χ0n) is 6.68. The molecule has 0 aliphatic rings. The Bertz CT molecular complexity index is 168. The molecule has 0 aromatic rings. The van der Waals surface area contributed by atoms with Crippen LogP contribution in [0.15, 0.2) is 12.7 Å². The van der Waals surface area contributed by atoms with Gasteiger partial charge < -0.3 is 14.5 Å². The molecule has 0 amide bonds. The molecule has 0 saturated heterocycles. The van der Waals surface area contributed by atoms with Crippen LogP contribution in [0.5, 0.6) is 0 Å². The van der Waals surface area contributed by atoms with Gasteiger partial charge in [0.05, 0.1) is 13.2 Å². The fraction of sp³-hybridized carbons (Fsp3) is 0.667. The molecular formula is C6H14NaO5P. The van der Waals surface area contributed by atoms with E-state index in [-0.39, 0.29) is 36.2 Å². The van der Waals surface area contributed by atoms with Crippen molar-refractivity contribution in [1.29, 1.82) is 0 Å². The summed E-state index contributed by atoms with van der Waals surface area (Å²) in [6, 6.07) is 0. The van der Waals surface area contributed by atoms with Crippen LogP contribution in [0.1, 0.15) is 6.42 Å². The number of ether oxygens (including phenoxy) is 1. The minimum absolute atomic E-state index is 0. The maximum absolute atomic E-state index is 10.1. The summed E-state index contributed by atoms with van der Waals surface area (Å²) in [6.07, 6.45) is 2.06. The first kappa shape index (κ1) is 16.2. The molecule has 0 aromatic heterocycles. The van der Waals surface area contributed by atoms with Crippen molar-refractivity contribution >= 4 is 37.4 Å². The first-order chi connectivity index (χ1) is 5.56. The molecule has 0 unspecified atom stereocenters. The van der Waals surface area contributed by atoms with Crippen LogP contribution in [-0.4, -0.2) is 59.2 Å². The molecule has 13 heavy (non-hydrogen) atoms. The first-order valence-corrected chi connectivity index (χ1v) is 4.98. The third kappa shape index (κ3) is 15.6. The Morgan fingerprint density at radius 1 is 1.38 bits per heavy atom. The molecule has 5 nitrogen and oxygen atoms in total. The van der Waals surface area contributed by atoms with Crippen molar-refractivity contribution in [2.75, 3.05) is 19.8 Å². The molecule has 0 saturated carbocycles. The normalized spacial score (nSPS) is 10.6. The standard InChI is InChI=1S/C6H13O5P.Na.H/c1-2-4-10-5-3-6-11-12(7,8)9;;/h2H,1,3-6H2,(H2,7,8,9);;. The van der Waals surface area contributed by atoms with Crippen LogP contribution in [0.4, 0.5) is 0 Å². The van der Waals surface area contributed by atoms with E-state index in [0.29, 0.717) is 19.6 Å². The van der Waals surface area contributed by atoms with Gasteiger partial charge in [0.2, 0.25) is 0 Å². The van der Waals surface area contributed by atoms with E-state index in [1.807, 2.05) is 0 Å². The second kappa shape index (κ2) is 9.37. The number of hydrogen-bond acceptors (Lipinski definition) is 3. The van der Waals surface area contributed by atoms with Crippen molar-refractivity contribution in [3.8, 4) is 0 Å². The van der Waals surface area contributed by atoms with Crippen molar-refractivity contribution < 1.29 is 23.6 Å². The van der Waals surface area contributed by atoms with E-state index >= 15 is 0 Å². The molecule has 0 bridgehead atoms. The van der Waals surface area contributed by atoms with Crippen molar-refractivity contribution in [2.45, 2.75) is 6.42 Å². The molecule has 0 aromatic carbocycles. The van der Waals surface area contributed by atoms with Crippen molar-refractivity contribution in [2.24, 2.45) is 0 Å². The Hall–Kier alpha value is 0.810. The van der Waals surface area contributed by atoms with Crippen molar-refractivity contribution in [3.63, 3.8) is 0 Å². The van der Waals surface area contributed by atoms with E-state index in [1.165, 1.54) is 0 Å². The number of phosphoric ester groups is 1. The molecule has 0 fully saturated rings. The summed E-state index contributed by atoms with van der Waals surface area (Å²) in [5, 5.41) is 0. The first-order valence-electron chi connectivity index (χ1n) is 3.45. The zero-order valence-corrected chi connectivity index (χ0v) is 7.57. The van der Waals surface area contributed by atoms with Gasteiger partial charge in [-0.2, -0.15) is 0 Å². The predicted octanol–water partition coefficient (Wildman–Crippen LogP) is 0.0399. The van der Waals surface area contributed by atoms with Gasteiger partial charge in [-0.15, -0.1) is 6.58 Å². The van der Waals surface area contributed by atoms with Gasteiger partial charge in [0.15, 0.2) is 0 Å². The average molecular weight is 220 g/mol. The van der Waals surface area contributed by atoms with Crippen LogP contribution in [0, 0.1) is 0 Å². The molecule has 0 aliphatic heterocycles. The van der Waals surface area contributed by atoms with Crippen LogP contribution in [-0.2, 0) is 13.8 Å². The van der Waals surface area contributed by atoms with Gasteiger partial charge in [-0.1, -0.05) is 6.08 Å². The summed E-state index contributed by atoms with van der Waals surface area (Å²) in [5.41, 5.74) is 0. The molecule has 7 heteroatoms. The van der Waals surface area contributed by atoms with Crippen LogP contribution < -0.4 is 0 Å². The fourth-order valence-electron chi connectivity index (χ4n) is 0.511. The number of rotatable bonds is 7. The summed E-state index contributed by atoms with van der Waals surface area (Å²) >= 11 is 0. The van der Waals surface area contributed by atoms with Crippen LogP contribution in [0.25, 0.3) is 0 Å². The number of hydrogen-bond donors (Lipinski definition) is 2. The van der Waals surface area contributed by atoms with Crippen molar-refractivity contribution in [3.05, 3.63) is 12.7 Å². The second-order valence-electron chi connectivity index (χ2n) is 2.04. The SMILES string of the molecule is C=CCOCCCOP(=O)(O)O.[NaH]. The summed E-state index contributed by atoms with van der Waals surface area (Å²) in [7, 11) is -4.30. The fourth-order valence-corrected chi connectivity index (χ4v) is 0.878. The Morgan fingerprint density at radius 2 is 2.00 bits per heavy atom. The van der Waals surface area contributed by atoms with E-state index in [2.05, 4.69) is 11.1 Å². The van der Waals surface area contributed by atoms with E-state index < -0.39 is 7.82 Å². The summed E-state index contributed by atoms with van der Waals surface area (Å²) in [6.45, 7) is 4.29. The molecular weight excluding hydrogens is 206 g/mol. The summed E-state index contributed by atoms with van der Waals surface area (Å²) in [4.78, 5) is 16.5. The van der Waals surface area contributed by atoms with Gasteiger partial charge in [-0.25, -0.2) is 4.57 Å². The van der Waals surface area contributed by atoms with Gasteiger partial charge in [-0.3, -0.25) is 4.52 Å². The van der Waals surface area contributed by atoms with Gasteiger partial charge in [0.1, 0.15) is 0 Å². The molecule has 74 valence electrons. The predicted molar refractivity (Wildman–Crippen MR) is 50.8 cm³/mol. The summed E-state index contributed by atoms with van der Waals surface area (Å²) in [5.74, 6) is 0. The van der Waals surface area contributed by atoms with Gasteiger partial charge in [0, 0.05) is 6.61 Å². The Morgan fingerprint density at radius 3 is 2.46 bits per heavy atom. The van der Waals surface area contributed by atoms with E-state index in [4.69, 9.17) is 14.5 Å². The van der Waals surface area contributed by atoms with E-state index in [1.54, 1.807) is 6.08 Å². The monoisotopic (exact) mass is 220 g/mol. The van der Waals surface area contributed by atoms with Crippen LogP contribution in [0.2, 0.25) is 0 Å². The molecule has 0 radical (unpaired) electrons. The van der Waals surface area contributed by atoms with Crippen LogP contribution >= 0.6 is 7.82 Å². The van der Waals surface area contributed by atoms with E-state index in [9.17, 15) is 4.57 Å². The van der Waals surface area contributed by atoms with Crippen molar-refractivity contribution in [1.82, 2.24) is 0 Å². The van der Waals surface area contributed by atoms with Gasteiger partial charge >= 0.3 is 37.4 Å². The molecule has 2 N–H and O–H groups in total. The van der Waals surface area contributed by atoms with Crippen LogP contribution in [0.3, 0.4) is 0 Å². The Balaban J connectivity index is 0. The quantitative estimate of drug-likeness (QED) is 0.274. The minimum atomic E-state index is -4.30. The van der Waals surface area contributed by atoms with E-state index in [0.717, 1.165) is 0 Å². The molecule has 0 aliphatic carbocycles. The maximum atomic E-state index is 10.1. The Labute approximate surface area is 99.7 Å². The van der Waals surface area contributed by atoms with Gasteiger partial charge in [0.25, 0.3) is 0 Å². The van der Waals surface area contributed by atoms with Gasteiger partial charge in [-0.05, 0) is 6.42 Å². The summed E-state index contributed by atoms with van der Waals surface area (Å²) < 4.78 is 19.3. The number of phosphoric acid groups is 1.